The predicted molar refractivity (Wildman–Crippen MR) is 54.7 cm³/mol. The molecule has 0 aromatic carbocycles. The smallest absolute Gasteiger partial charge is 0.308 e. The minimum Gasteiger partial charge on any atom is -0.481 e. The van der Waals surface area contributed by atoms with Crippen molar-refractivity contribution in [3.63, 3.8) is 0 Å². The second kappa shape index (κ2) is 4.38. The van der Waals surface area contributed by atoms with Crippen LogP contribution >= 0.6 is 0 Å². The third kappa shape index (κ3) is 2.24. The molecule has 1 N–H and O–H groups in total. The Morgan fingerprint density at radius 2 is 2.44 bits per heavy atom. The molecule has 1 unspecified atom stereocenters. The van der Waals surface area contributed by atoms with Gasteiger partial charge in [0.25, 0.3) is 0 Å². The third-order valence-electron chi connectivity index (χ3n) is 2.77. The van der Waals surface area contributed by atoms with E-state index in [0.29, 0.717) is 19.5 Å². The van der Waals surface area contributed by atoms with Gasteiger partial charge in [-0.2, -0.15) is 0 Å². The van der Waals surface area contributed by atoms with E-state index in [-0.39, 0.29) is 12.3 Å². The van der Waals surface area contributed by atoms with E-state index in [1.54, 1.807) is 17.2 Å². The summed E-state index contributed by atoms with van der Waals surface area (Å²) in [4.78, 5) is 23.8. The van der Waals surface area contributed by atoms with Crippen LogP contribution in [0, 0.1) is 5.92 Å². The summed E-state index contributed by atoms with van der Waals surface area (Å²) >= 11 is 0. The van der Waals surface area contributed by atoms with E-state index in [1.807, 2.05) is 6.07 Å². The van der Waals surface area contributed by atoms with Crippen LogP contribution in [0.15, 0.2) is 22.8 Å². The van der Waals surface area contributed by atoms with E-state index >= 15 is 0 Å². The molecule has 5 nitrogen and oxygen atoms in total. The van der Waals surface area contributed by atoms with Crippen LogP contribution in [0.25, 0.3) is 0 Å². The van der Waals surface area contributed by atoms with Gasteiger partial charge in [0.15, 0.2) is 0 Å². The number of rotatable bonds is 4. The fraction of sp³-hybridized carbons (Fsp3) is 0.455. The molecule has 0 aliphatic carbocycles. The number of carboxylic acid groups (broad SMARTS) is 1. The Labute approximate surface area is 92.7 Å². The zero-order valence-electron chi connectivity index (χ0n) is 8.76. The van der Waals surface area contributed by atoms with Gasteiger partial charge in [-0.05, 0) is 12.1 Å². The quantitative estimate of drug-likeness (QED) is 0.817. The lowest BCUT2D eigenvalue weighted by molar-refractivity contribution is -0.141. The monoisotopic (exact) mass is 223 g/mol. The van der Waals surface area contributed by atoms with Gasteiger partial charge in [-0.15, -0.1) is 0 Å². The van der Waals surface area contributed by atoms with Crippen molar-refractivity contribution in [3.05, 3.63) is 24.2 Å². The molecule has 1 atom stereocenters. The highest BCUT2D eigenvalue weighted by molar-refractivity contribution is 5.86. The normalized spacial score (nSPS) is 20.4. The van der Waals surface area contributed by atoms with Gasteiger partial charge in [0.05, 0.1) is 12.2 Å². The highest BCUT2D eigenvalue weighted by Crippen LogP contribution is 2.18. The van der Waals surface area contributed by atoms with Crippen molar-refractivity contribution >= 4 is 11.9 Å². The molecule has 1 aromatic heterocycles. The van der Waals surface area contributed by atoms with Crippen molar-refractivity contribution in [1.29, 1.82) is 0 Å². The fourth-order valence-electron chi connectivity index (χ4n) is 1.85. The summed E-state index contributed by atoms with van der Waals surface area (Å²) in [7, 11) is 0. The average Bonchev–Trinajstić information content (AvgIpc) is 2.84. The molecule has 16 heavy (non-hydrogen) atoms. The number of carbonyl (C=O) groups is 2. The standard InChI is InChI=1S/C11H13NO4/c13-10-6-8(11(14)15)7-12(10)4-3-9-2-1-5-16-9/h1-2,5,8H,3-4,6-7H2,(H,14,15). The van der Waals surface area contributed by atoms with E-state index in [1.165, 1.54) is 0 Å². The zero-order chi connectivity index (χ0) is 11.5. The Bertz CT molecular complexity index is 385. The molecule has 0 saturated carbocycles. The van der Waals surface area contributed by atoms with Gasteiger partial charge in [0, 0.05) is 25.9 Å². The average molecular weight is 223 g/mol. The van der Waals surface area contributed by atoms with Crippen molar-refractivity contribution in [2.75, 3.05) is 13.1 Å². The van der Waals surface area contributed by atoms with E-state index in [2.05, 4.69) is 0 Å². The summed E-state index contributed by atoms with van der Waals surface area (Å²) in [5.74, 6) is -0.719. The maximum absolute atomic E-state index is 11.5. The lowest BCUT2D eigenvalue weighted by Crippen LogP contribution is -2.28. The van der Waals surface area contributed by atoms with Crippen LogP contribution in [0.2, 0.25) is 0 Å². The SMILES string of the molecule is O=C(O)C1CC(=O)N(CCc2ccco2)C1. The second-order valence-corrected chi connectivity index (χ2v) is 3.91. The zero-order valence-corrected chi connectivity index (χ0v) is 8.76. The molecule has 0 spiro atoms. The number of aliphatic carboxylic acids is 1. The summed E-state index contributed by atoms with van der Waals surface area (Å²) in [5.41, 5.74) is 0. The molecule has 1 saturated heterocycles. The molecule has 0 radical (unpaired) electrons. The van der Waals surface area contributed by atoms with Gasteiger partial charge < -0.3 is 14.4 Å². The Kier molecular flexibility index (Phi) is 2.94. The van der Waals surface area contributed by atoms with Crippen LogP contribution < -0.4 is 0 Å². The van der Waals surface area contributed by atoms with Gasteiger partial charge in [0.2, 0.25) is 5.91 Å². The molecular weight excluding hydrogens is 210 g/mol. The first-order valence-electron chi connectivity index (χ1n) is 5.20. The van der Waals surface area contributed by atoms with Crippen LogP contribution in [0.5, 0.6) is 0 Å². The Morgan fingerprint density at radius 3 is 3.00 bits per heavy atom. The number of likely N-dealkylation sites (tertiary alicyclic amines) is 1. The van der Waals surface area contributed by atoms with E-state index in [4.69, 9.17) is 9.52 Å². The Hall–Kier alpha value is -1.78. The van der Waals surface area contributed by atoms with Crippen LogP contribution in [-0.2, 0) is 16.0 Å². The maximum atomic E-state index is 11.5. The number of nitrogens with zero attached hydrogens (tertiary/aromatic N) is 1. The topological polar surface area (TPSA) is 70.8 Å². The number of carbonyl (C=O) groups excluding carboxylic acids is 1. The predicted octanol–water partition coefficient (Wildman–Crippen LogP) is 0.755. The minimum absolute atomic E-state index is 0.0843. The van der Waals surface area contributed by atoms with Crippen molar-refractivity contribution < 1.29 is 19.1 Å². The summed E-state index contributed by atoms with van der Waals surface area (Å²) in [6.07, 6.45) is 2.33. The second-order valence-electron chi connectivity index (χ2n) is 3.91. The van der Waals surface area contributed by atoms with Crippen molar-refractivity contribution in [2.24, 2.45) is 5.92 Å². The Morgan fingerprint density at radius 1 is 1.62 bits per heavy atom. The number of hydrogen-bond donors (Lipinski definition) is 1. The molecule has 1 aromatic rings. The lowest BCUT2D eigenvalue weighted by Gasteiger charge is -2.14. The van der Waals surface area contributed by atoms with Crippen molar-refractivity contribution in [1.82, 2.24) is 4.90 Å². The first-order chi connectivity index (χ1) is 7.66. The van der Waals surface area contributed by atoms with Crippen molar-refractivity contribution in [2.45, 2.75) is 12.8 Å². The number of furan rings is 1. The third-order valence-corrected chi connectivity index (χ3v) is 2.77. The highest BCUT2D eigenvalue weighted by Gasteiger charge is 2.33. The van der Waals surface area contributed by atoms with Gasteiger partial charge >= 0.3 is 5.97 Å². The first-order valence-corrected chi connectivity index (χ1v) is 5.20. The molecule has 0 bridgehead atoms. The largest absolute Gasteiger partial charge is 0.481 e. The first kappa shape index (κ1) is 10.7. The molecule has 86 valence electrons. The molecular formula is C11H13NO4. The van der Waals surface area contributed by atoms with Crippen LogP contribution in [0.1, 0.15) is 12.2 Å². The number of hydrogen-bond acceptors (Lipinski definition) is 3. The van der Waals surface area contributed by atoms with E-state index < -0.39 is 11.9 Å². The summed E-state index contributed by atoms with van der Waals surface area (Å²) in [6, 6.07) is 3.64. The van der Waals surface area contributed by atoms with E-state index in [9.17, 15) is 9.59 Å². The minimum atomic E-state index is -0.895. The number of amides is 1. The summed E-state index contributed by atoms with van der Waals surface area (Å²) in [5, 5.41) is 8.80. The van der Waals surface area contributed by atoms with Crippen LogP contribution in [-0.4, -0.2) is 35.0 Å². The highest BCUT2D eigenvalue weighted by atomic mass is 16.4. The van der Waals surface area contributed by atoms with Crippen LogP contribution in [0.3, 0.4) is 0 Å². The van der Waals surface area contributed by atoms with Gasteiger partial charge in [-0.3, -0.25) is 9.59 Å². The van der Waals surface area contributed by atoms with Crippen LogP contribution in [0.4, 0.5) is 0 Å². The van der Waals surface area contributed by atoms with Gasteiger partial charge in [0.1, 0.15) is 5.76 Å². The summed E-state index contributed by atoms with van der Waals surface area (Å²) < 4.78 is 5.15. The summed E-state index contributed by atoms with van der Waals surface area (Å²) in [6.45, 7) is 0.838. The molecule has 5 heteroatoms. The molecule has 1 aliphatic rings. The molecule has 1 aliphatic heterocycles. The molecule has 2 rings (SSSR count). The molecule has 2 heterocycles. The molecule has 1 amide bonds. The fourth-order valence-corrected chi connectivity index (χ4v) is 1.85. The maximum Gasteiger partial charge on any atom is 0.308 e. The van der Waals surface area contributed by atoms with Gasteiger partial charge in [-0.1, -0.05) is 0 Å². The van der Waals surface area contributed by atoms with Gasteiger partial charge in [-0.25, -0.2) is 0 Å². The van der Waals surface area contributed by atoms with E-state index in [0.717, 1.165) is 5.76 Å². The lowest BCUT2D eigenvalue weighted by atomic mass is 10.1. The number of carboxylic acids is 1. The Balaban J connectivity index is 1.87. The molecule has 1 fully saturated rings. The van der Waals surface area contributed by atoms with Crippen molar-refractivity contribution in [3.8, 4) is 0 Å².